The average Bonchev–Trinajstić information content (AvgIpc) is 3.89. The van der Waals surface area contributed by atoms with Gasteiger partial charge in [0.25, 0.3) is 14.4 Å². The van der Waals surface area contributed by atoms with Gasteiger partial charge >= 0.3 is 0 Å². The van der Waals surface area contributed by atoms with E-state index in [2.05, 4.69) is 26.3 Å². The molecule has 328 valence electrons. The van der Waals surface area contributed by atoms with Crippen LogP contribution in [0.3, 0.4) is 0 Å². The van der Waals surface area contributed by atoms with Crippen LogP contribution in [0.4, 0.5) is 10.2 Å². The third-order valence-corrected chi connectivity index (χ3v) is 12.6. The number of benzene rings is 4. The molecule has 1 unspecified atom stereocenters. The summed E-state index contributed by atoms with van der Waals surface area (Å²) in [5.74, 6) is 0.755. The van der Waals surface area contributed by atoms with Crippen molar-refractivity contribution in [3.05, 3.63) is 144 Å². The predicted molar refractivity (Wildman–Crippen MR) is 237 cm³/mol. The SMILES string of the molecule is [2H]C([2H])(OC(c1ccccc1)(c1ccc(OC)cc1)c1ccc(OC)cc1)[C@H]1O[C@@H](n2cnc3c(NC(=O)c4ccccc4)ncnc32)[C@H](F)[C@@H]1OP(OCCC#N)N(C(C)C)C(C)C. The minimum absolute atomic E-state index is 0.0211. The van der Waals surface area contributed by atoms with Crippen LogP contribution in [0.2, 0.25) is 0 Å². The topological polar surface area (TPSA) is 155 Å². The fourth-order valence-corrected chi connectivity index (χ4v) is 9.24. The number of anilines is 1. The molecule has 0 bridgehead atoms. The van der Waals surface area contributed by atoms with Crippen LogP contribution in [0.25, 0.3) is 11.2 Å². The van der Waals surface area contributed by atoms with Gasteiger partial charge in [-0.25, -0.2) is 24.0 Å². The molecule has 1 aliphatic rings. The van der Waals surface area contributed by atoms with E-state index in [0.29, 0.717) is 33.8 Å². The summed E-state index contributed by atoms with van der Waals surface area (Å²) in [5, 5.41) is 12.2. The van der Waals surface area contributed by atoms with E-state index < -0.39 is 51.2 Å². The summed E-state index contributed by atoms with van der Waals surface area (Å²) in [6.45, 7) is 4.88. The van der Waals surface area contributed by atoms with E-state index in [9.17, 15) is 12.8 Å². The van der Waals surface area contributed by atoms with Crippen LogP contribution in [0, 0.1) is 11.3 Å². The van der Waals surface area contributed by atoms with Crippen LogP contribution >= 0.6 is 8.53 Å². The zero-order valence-corrected chi connectivity index (χ0v) is 36.7. The molecule has 7 rings (SSSR count). The molecule has 5 atom stereocenters. The number of carbonyl (C=O) groups is 1. The molecular formula is C47H51FN7O7P. The van der Waals surface area contributed by atoms with Crippen LogP contribution in [0.1, 0.15) is 70.1 Å². The molecule has 1 amide bonds. The van der Waals surface area contributed by atoms with Crippen molar-refractivity contribution in [3.63, 3.8) is 0 Å². The van der Waals surface area contributed by atoms with Gasteiger partial charge in [0.15, 0.2) is 29.4 Å². The Morgan fingerprint density at radius 2 is 1.49 bits per heavy atom. The molecule has 6 aromatic rings. The van der Waals surface area contributed by atoms with E-state index in [0.717, 1.165) is 0 Å². The lowest BCUT2D eigenvalue weighted by atomic mass is 9.80. The Bertz CT molecular complexity index is 2500. The number of ether oxygens (including phenoxy) is 4. The van der Waals surface area contributed by atoms with E-state index in [1.165, 1.54) is 17.2 Å². The Morgan fingerprint density at radius 3 is 2.06 bits per heavy atom. The lowest BCUT2D eigenvalue weighted by Crippen LogP contribution is -2.41. The maximum atomic E-state index is 17.9. The highest BCUT2D eigenvalue weighted by molar-refractivity contribution is 7.44. The zero-order valence-electron chi connectivity index (χ0n) is 37.8. The van der Waals surface area contributed by atoms with E-state index in [-0.39, 0.29) is 42.1 Å². The summed E-state index contributed by atoms with van der Waals surface area (Å²) in [4.78, 5) is 26.3. The predicted octanol–water partition coefficient (Wildman–Crippen LogP) is 9.00. The van der Waals surface area contributed by atoms with Gasteiger partial charge in [-0.15, -0.1) is 0 Å². The van der Waals surface area contributed by atoms with Gasteiger partial charge in [0.2, 0.25) is 0 Å². The molecule has 1 aliphatic heterocycles. The molecule has 2 aromatic heterocycles. The van der Waals surface area contributed by atoms with Gasteiger partial charge < -0.3 is 33.3 Å². The van der Waals surface area contributed by atoms with Crippen molar-refractivity contribution in [1.82, 2.24) is 24.2 Å². The Hall–Kier alpha value is -5.85. The van der Waals surface area contributed by atoms with Crippen molar-refractivity contribution in [1.29, 1.82) is 5.26 Å². The van der Waals surface area contributed by atoms with Crippen molar-refractivity contribution in [2.75, 3.05) is 32.7 Å². The smallest absolute Gasteiger partial charge is 0.259 e. The van der Waals surface area contributed by atoms with Gasteiger partial charge in [0, 0.05) is 17.6 Å². The number of imidazole rings is 1. The van der Waals surface area contributed by atoms with Crippen molar-refractivity contribution < 1.29 is 39.9 Å². The second kappa shape index (κ2) is 20.6. The van der Waals surface area contributed by atoms with E-state index in [1.807, 2.05) is 62.7 Å². The van der Waals surface area contributed by atoms with Crippen LogP contribution < -0.4 is 14.8 Å². The number of methoxy groups -OCH3 is 2. The number of hydrogen-bond donors (Lipinski definition) is 1. The molecule has 0 saturated carbocycles. The van der Waals surface area contributed by atoms with Gasteiger partial charge in [-0.05, 0) is 80.8 Å². The van der Waals surface area contributed by atoms with Crippen molar-refractivity contribution in [3.8, 4) is 17.6 Å². The molecule has 14 nitrogen and oxygen atoms in total. The number of alkyl halides is 1. The van der Waals surface area contributed by atoms with E-state index in [1.54, 1.807) is 93.1 Å². The molecule has 63 heavy (non-hydrogen) atoms. The molecule has 0 aliphatic carbocycles. The third kappa shape index (κ3) is 9.72. The first-order valence-electron chi connectivity index (χ1n) is 21.5. The monoisotopic (exact) mass is 877 g/mol. The first kappa shape index (κ1) is 42.5. The van der Waals surface area contributed by atoms with Crippen LogP contribution in [-0.2, 0) is 24.1 Å². The number of carbonyl (C=O) groups excluding carboxylic acids is 1. The molecule has 1 fully saturated rings. The highest BCUT2D eigenvalue weighted by Gasteiger charge is 2.51. The fourth-order valence-electron chi connectivity index (χ4n) is 7.50. The molecular weight excluding hydrogens is 825 g/mol. The fraction of sp³-hybridized carbons (Fsp3) is 0.340. The minimum atomic E-state index is -2.87. The van der Waals surface area contributed by atoms with E-state index in [4.69, 9.17) is 28.0 Å². The second-order valence-electron chi connectivity index (χ2n) is 15.1. The summed E-state index contributed by atoms with van der Waals surface area (Å²) >= 11 is 0. The third-order valence-electron chi connectivity index (χ3n) is 10.4. The number of hydrogen-bond acceptors (Lipinski definition) is 12. The Morgan fingerprint density at radius 1 is 0.905 bits per heavy atom. The lowest BCUT2D eigenvalue weighted by molar-refractivity contribution is -0.0919. The molecule has 1 N–H and O–H groups in total. The van der Waals surface area contributed by atoms with Crippen molar-refractivity contribution >= 4 is 31.4 Å². The maximum absolute atomic E-state index is 17.9. The number of halogens is 1. The normalized spacial score (nSPS) is 18.9. The summed E-state index contributed by atoms with van der Waals surface area (Å²) in [6.07, 6.45) is -4.60. The van der Waals surface area contributed by atoms with Crippen LogP contribution in [-0.4, -0.2) is 87.9 Å². The largest absolute Gasteiger partial charge is 0.497 e. The van der Waals surface area contributed by atoms with Crippen molar-refractivity contribution in [2.45, 2.75) is 76.4 Å². The molecule has 1 saturated heterocycles. The number of nitrogens with one attached hydrogen (secondary N) is 1. The quantitative estimate of drug-likeness (QED) is 0.0469. The van der Waals surface area contributed by atoms with Gasteiger partial charge in [0.1, 0.15) is 35.6 Å². The Kier molecular flexibility index (Phi) is 13.9. The van der Waals surface area contributed by atoms with Crippen molar-refractivity contribution in [2.24, 2.45) is 0 Å². The van der Waals surface area contributed by atoms with Crippen LogP contribution in [0.5, 0.6) is 11.5 Å². The minimum Gasteiger partial charge on any atom is -0.497 e. The number of nitrogens with zero attached hydrogens (tertiary/aromatic N) is 6. The molecule has 16 heteroatoms. The van der Waals surface area contributed by atoms with Gasteiger partial charge in [-0.3, -0.25) is 9.36 Å². The van der Waals surface area contributed by atoms with E-state index >= 15 is 4.39 Å². The highest BCUT2D eigenvalue weighted by atomic mass is 31.2. The molecule has 4 aromatic carbocycles. The molecule has 3 heterocycles. The summed E-state index contributed by atoms with van der Waals surface area (Å²) < 4.78 is 78.6. The number of rotatable bonds is 19. The lowest BCUT2D eigenvalue weighted by Gasteiger charge is -2.39. The number of amides is 1. The molecule has 0 radical (unpaired) electrons. The summed E-state index contributed by atoms with van der Waals surface area (Å²) in [7, 11) is 0.965. The number of aromatic nitrogens is 4. The summed E-state index contributed by atoms with van der Waals surface area (Å²) in [6, 6.07) is 33.6. The first-order chi connectivity index (χ1) is 31.3. The maximum Gasteiger partial charge on any atom is 0.259 e. The molecule has 0 spiro atoms. The van der Waals surface area contributed by atoms with Gasteiger partial charge in [0.05, 0.1) is 48.9 Å². The second-order valence-corrected chi connectivity index (χ2v) is 16.5. The Labute approximate surface area is 370 Å². The van der Waals surface area contributed by atoms with Gasteiger partial charge in [-0.1, -0.05) is 72.8 Å². The first-order valence-corrected chi connectivity index (χ1v) is 21.6. The standard InChI is InChI=1S/C47H51FN7O7P/c1-31(2)55(32(3)4)63(60-27-13-26-49)62-42-39(61-46(40(42)48)54-30-52-41-43(50-29-51-44(41)54)53-45(56)33-14-9-7-10-15-33)28-59-47(34-16-11-8-12-17-34,35-18-22-37(57-5)23-19-35)36-20-24-38(58-6)25-21-36/h7-12,14-25,29-32,39-40,42,46H,13,27-28H2,1-6H3,(H,50,51,53,56)/t39-,40-,42-,46-,63?/m1/s1/i28D2. The number of nitriles is 1. The van der Waals surface area contributed by atoms with Crippen LogP contribution in [0.15, 0.2) is 122 Å². The van der Waals surface area contributed by atoms with Gasteiger partial charge in [-0.2, -0.15) is 5.26 Å². The zero-order chi connectivity index (χ0) is 46.3. The average molecular weight is 878 g/mol. The summed E-state index contributed by atoms with van der Waals surface area (Å²) in [5.41, 5.74) is 0.535. The number of fused-ring (bicyclic) bond motifs is 1. The highest BCUT2D eigenvalue weighted by Crippen LogP contribution is 2.51. The Balaban J connectivity index is 1.36.